The van der Waals surface area contributed by atoms with Crippen molar-refractivity contribution >= 4 is 0 Å². The molecule has 2 atom stereocenters. The maximum Gasteiger partial charge on any atom is 0.0597 e. The van der Waals surface area contributed by atoms with Gasteiger partial charge in [-0.1, -0.05) is 13.8 Å². The monoisotopic (exact) mass is 229 g/mol. The van der Waals surface area contributed by atoms with Crippen molar-refractivity contribution < 1.29 is 5.11 Å². The molecule has 0 aromatic rings. The van der Waals surface area contributed by atoms with E-state index in [0.29, 0.717) is 12.1 Å². The van der Waals surface area contributed by atoms with Crippen molar-refractivity contribution in [1.29, 1.82) is 0 Å². The number of aliphatic hydroxyl groups is 1. The van der Waals surface area contributed by atoms with Crippen LogP contribution in [0.25, 0.3) is 0 Å². The van der Waals surface area contributed by atoms with Crippen molar-refractivity contribution in [2.45, 2.75) is 38.9 Å². The van der Waals surface area contributed by atoms with E-state index in [9.17, 15) is 5.11 Å². The third-order valence-corrected chi connectivity index (χ3v) is 3.31. The molecular weight excluding hydrogens is 202 g/mol. The molecule has 1 aliphatic rings. The molecule has 0 aromatic heterocycles. The Hall–Kier alpha value is -0.160. The molecule has 0 aromatic carbocycles. The lowest BCUT2D eigenvalue weighted by atomic mass is 10.1. The summed E-state index contributed by atoms with van der Waals surface area (Å²) >= 11 is 0. The van der Waals surface area contributed by atoms with Crippen LogP contribution in [0.15, 0.2) is 0 Å². The fourth-order valence-corrected chi connectivity index (χ4v) is 2.24. The summed E-state index contributed by atoms with van der Waals surface area (Å²) in [6.07, 6.45) is 0. The van der Waals surface area contributed by atoms with Crippen LogP contribution in [0.5, 0.6) is 0 Å². The summed E-state index contributed by atoms with van der Waals surface area (Å²) in [5.74, 6) is 0. The molecule has 0 radical (unpaired) electrons. The van der Waals surface area contributed by atoms with Gasteiger partial charge in [0, 0.05) is 44.3 Å². The van der Waals surface area contributed by atoms with E-state index in [0.717, 1.165) is 26.2 Å². The Bertz CT molecular complexity index is 199. The van der Waals surface area contributed by atoms with Crippen LogP contribution < -0.4 is 5.32 Å². The lowest BCUT2D eigenvalue weighted by Gasteiger charge is -2.39. The number of hydrogen-bond donors (Lipinski definition) is 2. The zero-order valence-electron chi connectivity index (χ0n) is 11.1. The first-order valence-electron chi connectivity index (χ1n) is 6.32. The molecule has 1 rings (SSSR count). The first-order valence-corrected chi connectivity index (χ1v) is 6.32. The molecule has 1 saturated heterocycles. The normalized spacial score (nSPS) is 26.2. The molecule has 96 valence electrons. The number of nitrogens with zero attached hydrogens (tertiary/aromatic N) is 2. The first kappa shape index (κ1) is 13.9. The third kappa shape index (κ3) is 4.37. The van der Waals surface area contributed by atoms with E-state index < -0.39 is 0 Å². The van der Waals surface area contributed by atoms with Gasteiger partial charge in [-0.3, -0.25) is 4.90 Å². The van der Waals surface area contributed by atoms with Crippen LogP contribution in [0, 0.1) is 0 Å². The Labute approximate surface area is 99.6 Å². The second-order valence-corrected chi connectivity index (χ2v) is 5.29. The van der Waals surface area contributed by atoms with E-state index in [1.807, 2.05) is 0 Å². The van der Waals surface area contributed by atoms with E-state index in [2.05, 4.69) is 42.9 Å². The molecule has 0 saturated carbocycles. The molecule has 4 heteroatoms. The van der Waals surface area contributed by atoms with Gasteiger partial charge in [0.15, 0.2) is 0 Å². The first-order chi connectivity index (χ1) is 7.52. The standard InChI is InChI=1S/C12H27N3O/c1-10(2)13-12(9-16)8-15-6-5-14(4)11(3)7-15/h10-13,16H,5-9H2,1-4H3. The highest BCUT2D eigenvalue weighted by Crippen LogP contribution is 2.07. The summed E-state index contributed by atoms with van der Waals surface area (Å²) in [6.45, 7) is 11.0. The predicted molar refractivity (Wildman–Crippen MR) is 67.7 cm³/mol. The summed E-state index contributed by atoms with van der Waals surface area (Å²) < 4.78 is 0. The SMILES string of the molecule is CC(C)NC(CO)CN1CCN(C)C(C)C1. The predicted octanol–water partition coefficient (Wildman–Crippen LogP) is -0.0188. The van der Waals surface area contributed by atoms with Crippen LogP contribution in [-0.2, 0) is 0 Å². The molecule has 0 bridgehead atoms. The van der Waals surface area contributed by atoms with Gasteiger partial charge in [0.25, 0.3) is 0 Å². The quantitative estimate of drug-likeness (QED) is 0.695. The van der Waals surface area contributed by atoms with Crippen molar-refractivity contribution in [2.75, 3.05) is 39.8 Å². The molecule has 0 amide bonds. The maximum absolute atomic E-state index is 9.32. The molecule has 4 nitrogen and oxygen atoms in total. The van der Waals surface area contributed by atoms with Crippen molar-refractivity contribution in [3.05, 3.63) is 0 Å². The van der Waals surface area contributed by atoms with Crippen LogP contribution in [-0.4, -0.2) is 72.9 Å². The highest BCUT2D eigenvalue weighted by molar-refractivity contribution is 4.80. The smallest absolute Gasteiger partial charge is 0.0597 e. The van der Waals surface area contributed by atoms with Gasteiger partial charge in [0.05, 0.1) is 6.61 Å². The van der Waals surface area contributed by atoms with E-state index in [-0.39, 0.29) is 12.6 Å². The molecule has 1 fully saturated rings. The third-order valence-electron chi connectivity index (χ3n) is 3.31. The number of nitrogens with one attached hydrogen (secondary N) is 1. The van der Waals surface area contributed by atoms with Crippen molar-refractivity contribution in [3.63, 3.8) is 0 Å². The van der Waals surface area contributed by atoms with Gasteiger partial charge in [-0.15, -0.1) is 0 Å². The Morgan fingerprint density at radius 2 is 2.06 bits per heavy atom. The van der Waals surface area contributed by atoms with Crippen molar-refractivity contribution in [1.82, 2.24) is 15.1 Å². The topological polar surface area (TPSA) is 38.7 Å². The van der Waals surface area contributed by atoms with E-state index in [1.54, 1.807) is 0 Å². The summed E-state index contributed by atoms with van der Waals surface area (Å²) in [4.78, 5) is 4.83. The van der Waals surface area contributed by atoms with Crippen molar-refractivity contribution in [3.8, 4) is 0 Å². The summed E-state index contributed by atoms with van der Waals surface area (Å²) in [5, 5.41) is 12.7. The van der Waals surface area contributed by atoms with Gasteiger partial charge in [-0.25, -0.2) is 0 Å². The lowest BCUT2D eigenvalue weighted by Crippen LogP contribution is -2.54. The van der Waals surface area contributed by atoms with Gasteiger partial charge >= 0.3 is 0 Å². The fraction of sp³-hybridized carbons (Fsp3) is 1.00. The van der Waals surface area contributed by atoms with Gasteiger partial charge in [0.1, 0.15) is 0 Å². The number of rotatable bonds is 5. The zero-order chi connectivity index (χ0) is 12.1. The lowest BCUT2D eigenvalue weighted by molar-refractivity contribution is 0.0862. The minimum absolute atomic E-state index is 0.204. The average Bonchev–Trinajstić information content (AvgIpc) is 2.22. The molecule has 1 aliphatic heterocycles. The highest BCUT2D eigenvalue weighted by atomic mass is 16.3. The second kappa shape index (κ2) is 6.55. The van der Waals surface area contributed by atoms with Crippen LogP contribution in [0.4, 0.5) is 0 Å². The Morgan fingerprint density at radius 3 is 2.56 bits per heavy atom. The Balaban J connectivity index is 2.35. The molecule has 2 N–H and O–H groups in total. The maximum atomic E-state index is 9.32. The van der Waals surface area contributed by atoms with Gasteiger partial charge in [-0.2, -0.15) is 0 Å². The minimum atomic E-state index is 0.204. The van der Waals surface area contributed by atoms with Gasteiger partial charge in [0.2, 0.25) is 0 Å². The number of likely N-dealkylation sites (N-methyl/N-ethyl adjacent to an activating group) is 1. The van der Waals surface area contributed by atoms with E-state index in [1.165, 1.54) is 0 Å². The molecule has 16 heavy (non-hydrogen) atoms. The number of hydrogen-bond acceptors (Lipinski definition) is 4. The fourth-order valence-electron chi connectivity index (χ4n) is 2.24. The minimum Gasteiger partial charge on any atom is -0.395 e. The molecular formula is C12H27N3O. The van der Waals surface area contributed by atoms with E-state index >= 15 is 0 Å². The Morgan fingerprint density at radius 1 is 1.38 bits per heavy atom. The Kier molecular flexibility index (Phi) is 5.69. The highest BCUT2D eigenvalue weighted by Gasteiger charge is 2.22. The number of piperazine rings is 1. The van der Waals surface area contributed by atoms with Crippen LogP contribution in [0.3, 0.4) is 0 Å². The molecule has 1 heterocycles. The molecule has 2 unspecified atom stereocenters. The number of aliphatic hydroxyl groups excluding tert-OH is 1. The summed E-state index contributed by atoms with van der Waals surface area (Å²) in [5.41, 5.74) is 0. The zero-order valence-corrected chi connectivity index (χ0v) is 11.1. The van der Waals surface area contributed by atoms with Gasteiger partial charge in [-0.05, 0) is 14.0 Å². The van der Waals surface area contributed by atoms with Crippen LogP contribution >= 0.6 is 0 Å². The second-order valence-electron chi connectivity index (χ2n) is 5.29. The van der Waals surface area contributed by atoms with Crippen LogP contribution in [0.2, 0.25) is 0 Å². The largest absolute Gasteiger partial charge is 0.395 e. The summed E-state index contributed by atoms with van der Waals surface area (Å²) in [6, 6.07) is 1.25. The molecule has 0 spiro atoms. The molecule has 0 aliphatic carbocycles. The summed E-state index contributed by atoms with van der Waals surface area (Å²) in [7, 11) is 2.18. The van der Waals surface area contributed by atoms with Crippen LogP contribution in [0.1, 0.15) is 20.8 Å². The average molecular weight is 229 g/mol. The van der Waals surface area contributed by atoms with Gasteiger partial charge < -0.3 is 15.3 Å². The van der Waals surface area contributed by atoms with E-state index in [4.69, 9.17) is 0 Å². The van der Waals surface area contributed by atoms with Crippen molar-refractivity contribution in [2.24, 2.45) is 0 Å².